The van der Waals surface area contributed by atoms with E-state index in [1.807, 2.05) is 0 Å². The molecule has 0 saturated carbocycles. The Kier molecular flexibility index (Phi) is 6.49. The van der Waals surface area contributed by atoms with E-state index in [9.17, 15) is 19.8 Å². The summed E-state index contributed by atoms with van der Waals surface area (Å²) in [6, 6.07) is 5.46. The van der Waals surface area contributed by atoms with Gasteiger partial charge in [-0.1, -0.05) is 6.08 Å². The maximum absolute atomic E-state index is 12.7. The van der Waals surface area contributed by atoms with Crippen LogP contribution < -0.4 is 4.74 Å². The number of phenols is 1. The van der Waals surface area contributed by atoms with Crippen molar-refractivity contribution < 1.29 is 32.8 Å². The molecule has 11 nitrogen and oxygen atoms in total. The summed E-state index contributed by atoms with van der Waals surface area (Å²) in [6.07, 6.45) is 1.81. The minimum Gasteiger partial charge on any atom is -0.504 e. The second kappa shape index (κ2) is 8.93. The summed E-state index contributed by atoms with van der Waals surface area (Å²) in [5.74, 6) is 0.435. The van der Waals surface area contributed by atoms with Crippen molar-refractivity contribution in [1.82, 2.24) is 4.90 Å². The van der Waals surface area contributed by atoms with Crippen LogP contribution in [0.4, 0.5) is 5.88 Å². The predicted octanol–water partition coefficient (Wildman–Crippen LogP) is 3.99. The zero-order chi connectivity index (χ0) is 22.8. The molecule has 1 atom stereocenters. The second-order valence-corrected chi connectivity index (χ2v) is 8.42. The average molecular weight is 451 g/mol. The van der Waals surface area contributed by atoms with E-state index in [0.29, 0.717) is 17.2 Å². The number of aromatic hydroxyl groups is 1. The van der Waals surface area contributed by atoms with E-state index < -0.39 is 24.6 Å². The molecule has 1 unspecified atom stereocenters. The molecule has 2 aromatic rings. The molecule has 1 N–H and O–H groups in total. The Morgan fingerprint density at radius 3 is 2.65 bits per heavy atom. The molecule has 1 aliphatic heterocycles. The molecule has 3 rings (SSSR count). The molecule has 0 saturated heterocycles. The highest BCUT2D eigenvalue weighted by molar-refractivity contribution is 7.52. The molecule has 1 aliphatic rings. The number of phenolic OH excluding ortho intramolecular Hbond substituents is 1. The molecule has 1 aromatic carbocycles. The molecular formula is C19H22N3O8P. The van der Waals surface area contributed by atoms with Crippen molar-refractivity contribution in [1.29, 1.82) is 0 Å². The van der Waals surface area contributed by atoms with E-state index >= 15 is 0 Å². The van der Waals surface area contributed by atoms with Gasteiger partial charge in [0, 0.05) is 20.6 Å². The standard InChI is InChI=1S/C19H22N3O8P/c1-5-15-14-10-17(27-2)16(23)8-12(14)9-18(20-31(26,28-3)29-4)21(15)11-13-6-7-19(30-13)22(24)25/h5-8,10,15,23H,1,9,11H2,2-4H3/b20-18-. The lowest BCUT2D eigenvalue weighted by atomic mass is 9.91. The largest absolute Gasteiger partial charge is 0.504 e. The lowest BCUT2D eigenvalue weighted by molar-refractivity contribution is -0.402. The lowest BCUT2D eigenvalue weighted by Crippen LogP contribution is -2.39. The first-order valence-electron chi connectivity index (χ1n) is 9.08. The van der Waals surface area contributed by atoms with Gasteiger partial charge in [-0.2, -0.15) is 4.76 Å². The van der Waals surface area contributed by atoms with Gasteiger partial charge in [0.2, 0.25) is 0 Å². The summed E-state index contributed by atoms with van der Waals surface area (Å²) in [5, 5.41) is 21.2. The highest BCUT2D eigenvalue weighted by atomic mass is 31.2. The average Bonchev–Trinajstić information content (AvgIpc) is 3.23. The zero-order valence-electron chi connectivity index (χ0n) is 17.2. The van der Waals surface area contributed by atoms with Gasteiger partial charge in [0.15, 0.2) is 11.5 Å². The van der Waals surface area contributed by atoms with Crippen molar-refractivity contribution in [3.63, 3.8) is 0 Å². The van der Waals surface area contributed by atoms with Gasteiger partial charge in [-0.3, -0.25) is 19.2 Å². The van der Waals surface area contributed by atoms with E-state index in [4.69, 9.17) is 18.2 Å². The number of rotatable bonds is 8. The highest BCUT2D eigenvalue weighted by Gasteiger charge is 2.34. The van der Waals surface area contributed by atoms with Gasteiger partial charge in [-0.05, 0) is 29.3 Å². The third kappa shape index (κ3) is 4.48. The smallest absolute Gasteiger partial charge is 0.454 e. The van der Waals surface area contributed by atoms with Crippen LogP contribution in [-0.2, 0) is 26.6 Å². The lowest BCUT2D eigenvalue weighted by Gasteiger charge is -2.38. The van der Waals surface area contributed by atoms with E-state index in [-0.39, 0.29) is 24.5 Å². The number of methoxy groups -OCH3 is 1. The number of fused-ring (bicyclic) bond motifs is 1. The van der Waals surface area contributed by atoms with Crippen LogP contribution >= 0.6 is 7.75 Å². The summed E-state index contributed by atoms with van der Waals surface area (Å²) in [7, 11) is 0.0761. The van der Waals surface area contributed by atoms with Gasteiger partial charge in [-0.15, -0.1) is 6.58 Å². The first-order valence-corrected chi connectivity index (χ1v) is 10.6. The van der Waals surface area contributed by atoms with Crippen LogP contribution in [0.1, 0.15) is 22.9 Å². The van der Waals surface area contributed by atoms with Crippen molar-refractivity contribution in [2.75, 3.05) is 21.3 Å². The topological polar surface area (TPSA) is 137 Å². The molecule has 1 aromatic heterocycles. The molecule has 0 fully saturated rings. The fourth-order valence-corrected chi connectivity index (χ4v) is 4.15. The van der Waals surface area contributed by atoms with Gasteiger partial charge >= 0.3 is 13.6 Å². The van der Waals surface area contributed by atoms with Crippen molar-refractivity contribution in [2.24, 2.45) is 4.76 Å². The number of ether oxygens (including phenoxy) is 1. The van der Waals surface area contributed by atoms with Gasteiger partial charge in [0.05, 0.1) is 25.8 Å². The van der Waals surface area contributed by atoms with Crippen molar-refractivity contribution in [3.05, 3.63) is 63.9 Å². The fourth-order valence-electron chi connectivity index (χ4n) is 3.37. The second-order valence-electron chi connectivity index (χ2n) is 6.56. The molecule has 0 radical (unpaired) electrons. The number of benzene rings is 1. The molecule has 0 bridgehead atoms. The van der Waals surface area contributed by atoms with Crippen LogP contribution in [0.25, 0.3) is 0 Å². The Labute approximate surface area is 178 Å². The Balaban J connectivity index is 2.13. The Hall–Kier alpha value is -3.14. The summed E-state index contributed by atoms with van der Waals surface area (Å²) >= 11 is 0. The first-order chi connectivity index (χ1) is 14.7. The quantitative estimate of drug-likeness (QED) is 0.273. The molecule has 0 spiro atoms. The normalized spacial score (nSPS) is 17.5. The zero-order valence-corrected chi connectivity index (χ0v) is 18.1. The Morgan fingerprint density at radius 1 is 1.39 bits per heavy atom. The van der Waals surface area contributed by atoms with Crippen LogP contribution in [-0.4, -0.2) is 42.1 Å². The van der Waals surface area contributed by atoms with Gasteiger partial charge < -0.3 is 19.2 Å². The number of amidine groups is 1. The fraction of sp³-hybridized carbons (Fsp3) is 0.316. The third-order valence-corrected chi connectivity index (χ3v) is 6.25. The number of hydrogen-bond donors (Lipinski definition) is 1. The Morgan fingerprint density at radius 2 is 2.10 bits per heavy atom. The molecule has 166 valence electrons. The van der Waals surface area contributed by atoms with Crippen LogP contribution in [0.15, 0.2) is 46.1 Å². The molecular weight excluding hydrogens is 429 g/mol. The minimum absolute atomic E-state index is 0.0554. The maximum Gasteiger partial charge on any atom is 0.454 e. The first kappa shape index (κ1) is 22.5. The van der Waals surface area contributed by atoms with E-state index in [1.54, 1.807) is 23.1 Å². The molecule has 12 heteroatoms. The van der Waals surface area contributed by atoms with Crippen LogP contribution in [0.3, 0.4) is 0 Å². The van der Waals surface area contributed by atoms with Crippen molar-refractivity contribution >= 4 is 19.5 Å². The van der Waals surface area contributed by atoms with Gasteiger partial charge in [0.25, 0.3) is 0 Å². The van der Waals surface area contributed by atoms with Crippen molar-refractivity contribution in [2.45, 2.75) is 19.0 Å². The molecule has 31 heavy (non-hydrogen) atoms. The number of hydrogen-bond acceptors (Lipinski definition) is 8. The predicted molar refractivity (Wildman–Crippen MR) is 111 cm³/mol. The Bertz CT molecular complexity index is 1070. The molecule has 2 heterocycles. The molecule has 0 aliphatic carbocycles. The van der Waals surface area contributed by atoms with E-state index in [1.165, 1.54) is 33.5 Å². The summed E-state index contributed by atoms with van der Waals surface area (Å²) < 4.78 is 37.3. The monoisotopic (exact) mass is 451 g/mol. The maximum atomic E-state index is 12.7. The van der Waals surface area contributed by atoms with Crippen LogP contribution in [0, 0.1) is 10.1 Å². The van der Waals surface area contributed by atoms with Gasteiger partial charge in [-0.25, -0.2) is 4.57 Å². The number of nitro groups is 1. The van der Waals surface area contributed by atoms with E-state index in [0.717, 1.165) is 5.56 Å². The third-order valence-electron chi connectivity index (χ3n) is 4.85. The number of nitrogens with zero attached hydrogens (tertiary/aromatic N) is 3. The van der Waals surface area contributed by atoms with Crippen LogP contribution in [0.5, 0.6) is 11.5 Å². The highest BCUT2D eigenvalue weighted by Crippen LogP contribution is 2.50. The number of furan rings is 1. The SMILES string of the molecule is C=CC1c2cc(OC)c(O)cc2C/C(=N/P(=O)(OC)OC)N1Cc1ccc([N+](=O)[O-])o1. The summed E-state index contributed by atoms with van der Waals surface area (Å²) in [6.45, 7) is 3.96. The molecule has 0 amide bonds. The minimum atomic E-state index is -3.79. The van der Waals surface area contributed by atoms with E-state index in [2.05, 4.69) is 11.3 Å². The van der Waals surface area contributed by atoms with Crippen molar-refractivity contribution in [3.8, 4) is 11.5 Å². The summed E-state index contributed by atoms with van der Waals surface area (Å²) in [4.78, 5) is 12.1. The van der Waals surface area contributed by atoms with Crippen LogP contribution in [0.2, 0.25) is 0 Å². The van der Waals surface area contributed by atoms with Gasteiger partial charge in [0.1, 0.15) is 16.5 Å². The summed E-state index contributed by atoms with van der Waals surface area (Å²) in [5.41, 5.74) is 1.48.